The Bertz CT molecular complexity index is 709. The van der Waals surface area contributed by atoms with E-state index in [9.17, 15) is 9.59 Å². The van der Waals surface area contributed by atoms with Crippen molar-refractivity contribution in [2.24, 2.45) is 0 Å². The number of thiazole rings is 1. The molecule has 0 aliphatic rings. The third-order valence-corrected chi connectivity index (χ3v) is 4.12. The SMILES string of the molecule is Cc1ccc(C(=O)NCc2nc(C)c(C(=O)O)s2)cc1N. The number of carbonyl (C=O) groups excluding carboxylic acids is 1. The number of nitrogens with one attached hydrogen (secondary N) is 1. The maximum Gasteiger partial charge on any atom is 0.347 e. The number of aryl methyl sites for hydroxylation is 2. The number of benzene rings is 1. The van der Waals surface area contributed by atoms with Crippen LogP contribution < -0.4 is 11.1 Å². The molecule has 0 bridgehead atoms. The molecule has 1 amide bonds. The van der Waals surface area contributed by atoms with E-state index in [2.05, 4.69) is 10.3 Å². The van der Waals surface area contributed by atoms with E-state index in [1.54, 1.807) is 25.1 Å². The predicted octanol–water partition coefficient (Wildman–Crippen LogP) is 1.97. The second-order valence-corrected chi connectivity index (χ2v) is 5.66. The van der Waals surface area contributed by atoms with E-state index in [0.717, 1.165) is 16.9 Å². The first-order valence-electron chi connectivity index (χ1n) is 6.22. The Morgan fingerprint density at radius 1 is 1.38 bits per heavy atom. The molecule has 0 spiro atoms. The lowest BCUT2D eigenvalue weighted by atomic mass is 10.1. The van der Waals surface area contributed by atoms with Gasteiger partial charge in [0.15, 0.2) is 0 Å². The lowest BCUT2D eigenvalue weighted by Crippen LogP contribution is -2.22. The Hall–Kier alpha value is -2.41. The van der Waals surface area contributed by atoms with Crippen molar-refractivity contribution in [1.82, 2.24) is 10.3 Å². The molecule has 4 N–H and O–H groups in total. The van der Waals surface area contributed by atoms with Crippen LogP contribution in [0.2, 0.25) is 0 Å². The Morgan fingerprint density at radius 2 is 2.10 bits per heavy atom. The van der Waals surface area contributed by atoms with Gasteiger partial charge < -0.3 is 16.2 Å². The Kier molecular flexibility index (Phi) is 4.23. The molecule has 1 aromatic carbocycles. The fourth-order valence-corrected chi connectivity index (χ4v) is 2.61. The van der Waals surface area contributed by atoms with Gasteiger partial charge >= 0.3 is 5.97 Å². The maximum atomic E-state index is 12.0. The van der Waals surface area contributed by atoms with Crippen molar-refractivity contribution in [2.45, 2.75) is 20.4 Å². The molecule has 110 valence electrons. The van der Waals surface area contributed by atoms with E-state index in [1.165, 1.54) is 0 Å². The van der Waals surface area contributed by atoms with Gasteiger partial charge in [-0.3, -0.25) is 4.79 Å². The lowest BCUT2D eigenvalue weighted by molar-refractivity contribution is 0.0701. The van der Waals surface area contributed by atoms with Crippen LogP contribution in [0.3, 0.4) is 0 Å². The number of rotatable bonds is 4. The highest BCUT2D eigenvalue weighted by Crippen LogP contribution is 2.18. The summed E-state index contributed by atoms with van der Waals surface area (Å²) in [5, 5.41) is 12.2. The summed E-state index contributed by atoms with van der Waals surface area (Å²) in [6, 6.07) is 5.08. The number of aromatic carboxylic acids is 1. The summed E-state index contributed by atoms with van der Waals surface area (Å²) in [5.41, 5.74) is 8.15. The molecule has 0 atom stereocenters. The minimum atomic E-state index is -1.01. The molecule has 0 saturated heterocycles. The van der Waals surface area contributed by atoms with Crippen LogP contribution >= 0.6 is 11.3 Å². The highest BCUT2D eigenvalue weighted by atomic mass is 32.1. The molecule has 7 heteroatoms. The van der Waals surface area contributed by atoms with Crippen LogP contribution in [0.25, 0.3) is 0 Å². The first kappa shape index (κ1) is 15.0. The summed E-state index contributed by atoms with van der Waals surface area (Å²) >= 11 is 1.06. The average molecular weight is 305 g/mol. The molecule has 21 heavy (non-hydrogen) atoms. The Labute approximate surface area is 125 Å². The van der Waals surface area contributed by atoms with Gasteiger partial charge in [0.2, 0.25) is 0 Å². The van der Waals surface area contributed by atoms with E-state index < -0.39 is 5.97 Å². The number of nitrogens with two attached hydrogens (primary N) is 1. The smallest absolute Gasteiger partial charge is 0.347 e. The minimum Gasteiger partial charge on any atom is -0.477 e. The normalized spacial score (nSPS) is 10.4. The molecule has 0 radical (unpaired) electrons. The van der Waals surface area contributed by atoms with Crippen LogP contribution in [0, 0.1) is 13.8 Å². The van der Waals surface area contributed by atoms with Crippen LogP contribution in [0.4, 0.5) is 5.69 Å². The van der Waals surface area contributed by atoms with Crippen molar-refractivity contribution in [3.8, 4) is 0 Å². The Morgan fingerprint density at radius 3 is 2.67 bits per heavy atom. The van der Waals surface area contributed by atoms with Crippen LogP contribution in [-0.4, -0.2) is 22.0 Å². The van der Waals surface area contributed by atoms with Gasteiger partial charge in [0.05, 0.1) is 12.2 Å². The largest absolute Gasteiger partial charge is 0.477 e. The van der Waals surface area contributed by atoms with Crippen molar-refractivity contribution in [3.05, 3.63) is 44.9 Å². The summed E-state index contributed by atoms with van der Waals surface area (Å²) in [7, 11) is 0. The molecule has 2 aromatic rings. The number of amides is 1. The number of carbonyl (C=O) groups is 2. The fourth-order valence-electron chi connectivity index (χ4n) is 1.77. The van der Waals surface area contributed by atoms with Crippen molar-refractivity contribution in [2.75, 3.05) is 5.73 Å². The highest BCUT2D eigenvalue weighted by Gasteiger charge is 2.14. The minimum absolute atomic E-state index is 0.186. The number of nitrogen functional groups attached to an aromatic ring is 1. The zero-order chi connectivity index (χ0) is 15.6. The van der Waals surface area contributed by atoms with E-state index in [1.807, 2.05) is 6.92 Å². The number of carboxylic acids is 1. The molecule has 0 unspecified atom stereocenters. The number of anilines is 1. The summed E-state index contributed by atoms with van der Waals surface area (Å²) < 4.78 is 0. The second kappa shape index (κ2) is 5.92. The van der Waals surface area contributed by atoms with Crippen LogP contribution in [0.5, 0.6) is 0 Å². The van der Waals surface area contributed by atoms with E-state index >= 15 is 0 Å². The number of hydrogen-bond acceptors (Lipinski definition) is 5. The van der Waals surface area contributed by atoms with Gasteiger partial charge in [-0.05, 0) is 31.5 Å². The molecular formula is C14H15N3O3S. The van der Waals surface area contributed by atoms with Gasteiger partial charge in [-0.2, -0.15) is 0 Å². The first-order chi connectivity index (χ1) is 9.88. The molecule has 6 nitrogen and oxygen atoms in total. The molecule has 2 rings (SSSR count). The molecular weight excluding hydrogens is 290 g/mol. The van der Waals surface area contributed by atoms with Gasteiger partial charge in [-0.25, -0.2) is 9.78 Å². The second-order valence-electron chi connectivity index (χ2n) is 4.58. The number of hydrogen-bond donors (Lipinski definition) is 3. The van der Waals surface area contributed by atoms with Gasteiger partial charge in [0, 0.05) is 11.3 Å². The number of carboxylic acid groups (broad SMARTS) is 1. The van der Waals surface area contributed by atoms with Crippen molar-refractivity contribution in [1.29, 1.82) is 0 Å². The predicted molar refractivity (Wildman–Crippen MR) is 80.6 cm³/mol. The van der Waals surface area contributed by atoms with Crippen molar-refractivity contribution < 1.29 is 14.7 Å². The highest BCUT2D eigenvalue weighted by molar-refractivity contribution is 7.13. The Balaban J connectivity index is 2.05. The summed E-state index contributed by atoms with van der Waals surface area (Å²) in [6.45, 7) is 3.68. The average Bonchev–Trinajstić information content (AvgIpc) is 2.80. The van der Waals surface area contributed by atoms with Crippen LogP contribution in [0.15, 0.2) is 18.2 Å². The zero-order valence-corrected chi connectivity index (χ0v) is 12.5. The molecule has 1 aromatic heterocycles. The maximum absolute atomic E-state index is 12.0. The number of nitrogens with zero attached hydrogens (tertiary/aromatic N) is 1. The van der Waals surface area contributed by atoms with Gasteiger partial charge in [-0.1, -0.05) is 6.07 Å². The lowest BCUT2D eigenvalue weighted by Gasteiger charge is -2.05. The van der Waals surface area contributed by atoms with Crippen molar-refractivity contribution in [3.63, 3.8) is 0 Å². The van der Waals surface area contributed by atoms with Crippen LogP contribution in [0.1, 0.15) is 36.3 Å². The van der Waals surface area contributed by atoms with Crippen molar-refractivity contribution >= 4 is 28.9 Å². The molecule has 0 aliphatic heterocycles. The van der Waals surface area contributed by atoms with Crippen LogP contribution in [-0.2, 0) is 6.54 Å². The first-order valence-corrected chi connectivity index (χ1v) is 7.04. The third-order valence-electron chi connectivity index (χ3n) is 2.98. The quantitative estimate of drug-likeness (QED) is 0.749. The fraction of sp³-hybridized carbons (Fsp3) is 0.214. The summed E-state index contributed by atoms with van der Waals surface area (Å²) in [6.07, 6.45) is 0. The van der Waals surface area contributed by atoms with Gasteiger partial charge in [-0.15, -0.1) is 11.3 Å². The summed E-state index contributed by atoms with van der Waals surface area (Å²) in [4.78, 5) is 27.3. The molecule has 1 heterocycles. The zero-order valence-electron chi connectivity index (χ0n) is 11.6. The molecule has 0 aliphatic carbocycles. The topological polar surface area (TPSA) is 105 Å². The van der Waals surface area contributed by atoms with Gasteiger partial charge in [0.25, 0.3) is 5.91 Å². The number of aromatic nitrogens is 1. The molecule has 0 fully saturated rings. The monoisotopic (exact) mass is 305 g/mol. The molecule has 0 saturated carbocycles. The van der Waals surface area contributed by atoms with Gasteiger partial charge in [0.1, 0.15) is 9.88 Å². The standard InChI is InChI=1S/C14H15N3O3S/c1-7-3-4-9(5-10(7)15)13(18)16-6-11-17-8(2)12(21-11)14(19)20/h3-5H,6,15H2,1-2H3,(H,16,18)(H,19,20). The van der Waals surface area contributed by atoms with E-state index in [4.69, 9.17) is 10.8 Å². The van der Waals surface area contributed by atoms with E-state index in [-0.39, 0.29) is 17.3 Å². The third kappa shape index (κ3) is 3.38. The van der Waals surface area contributed by atoms with E-state index in [0.29, 0.717) is 22.0 Å². The summed E-state index contributed by atoms with van der Waals surface area (Å²) in [5.74, 6) is -1.28.